The van der Waals surface area contributed by atoms with Crippen LogP contribution in [0.4, 0.5) is 5.82 Å². The molecule has 1 aliphatic rings. The van der Waals surface area contributed by atoms with E-state index in [0.29, 0.717) is 17.1 Å². The van der Waals surface area contributed by atoms with E-state index in [0.717, 1.165) is 31.7 Å². The largest absolute Gasteiger partial charge is 0.349 e. The van der Waals surface area contributed by atoms with Gasteiger partial charge in [0, 0.05) is 25.2 Å². The molecule has 0 spiro atoms. The molecule has 2 atom stereocenters. The van der Waals surface area contributed by atoms with Crippen molar-refractivity contribution in [3.05, 3.63) is 17.5 Å². The van der Waals surface area contributed by atoms with Gasteiger partial charge in [0.15, 0.2) is 5.82 Å². The monoisotopic (exact) mass is 254 g/mol. The Kier molecular flexibility index (Phi) is 4.18. The maximum atomic E-state index is 6.18. The molecule has 1 aliphatic heterocycles. The molecule has 1 fully saturated rings. The lowest BCUT2D eigenvalue weighted by atomic mass is 10.1. The zero-order chi connectivity index (χ0) is 12.3. The quantitative estimate of drug-likeness (QED) is 0.897. The summed E-state index contributed by atoms with van der Waals surface area (Å²) in [7, 11) is 0. The van der Waals surface area contributed by atoms with Gasteiger partial charge in [-0.2, -0.15) is 0 Å². The lowest BCUT2D eigenvalue weighted by Gasteiger charge is -2.41. The van der Waals surface area contributed by atoms with E-state index in [1.807, 2.05) is 0 Å². The average Bonchev–Trinajstić information content (AvgIpc) is 2.38. The molecule has 0 saturated carbocycles. The zero-order valence-corrected chi connectivity index (χ0v) is 11.1. The Morgan fingerprint density at radius 3 is 2.94 bits per heavy atom. The second-order valence-electron chi connectivity index (χ2n) is 4.42. The standard InChI is InChI=1S/C12H19ClN4/c1-3-9-7-17(10(4-2)5-15-9)12-11(13)6-14-8-16-12/h6,8-10,15H,3-5,7H2,1-2H3. The minimum Gasteiger partial charge on any atom is -0.349 e. The van der Waals surface area contributed by atoms with Crippen LogP contribution in [0.1, 0.15) is 26.7 Å². The van der Waals surface area contributed by atoms with Crippen molar-refractivity contribution >= 4 is 17.4 Å². The number of anilines is 1. The lowest BCUT2D eigenvalue weighted by molar-refractivity contribution is 0.376. The summed E-state index contributed by atoms with van der Waals surface area (Å²) in [4.78, 5) is 10.6. The highest BCUT2D eigenvalue weighted by Gasteiger charge is 2.27. The highest BCUT2D eigenvalue weighted by molar-refractivity contribution is 6.32. The Labute approximate surface area is 107 Å². The molecule has 0 radical (unpaired) electrons. The number of hydrogen-bond donors (Lipinski definition) is 1. The first-order valence-corrected chi connectivity index (χ1v) is 6.59. The lowest BCUT2D eigenvalue weighted by Crippen LogP contribution is -2.56. The number of nitrogens with zero attached hydrogens (tertiary/aromatic N) is 3. The summed E-state index contributed by atoms with van der Waals surface area (Å²) in [6.45, 7) is 6.35. The van der Waals surface area contributed by atoms with Crippen LogP contribution < -0.4 is 10.2 Å². The average molecular weight is 255 g/mol. The number of aromatic nitrogens is 2. The first-order chi connectivity index (χ1) is 8.26. The van der Waals surface area contributed by atoms with Crippen LogP contribution in [0.3, 0.4) is 0 Å². The van der Waals surface area contributed by atoms with Crippen LogP contribution in [0.25, 0.3) is 0 Å². The number of nitrogens with one attached hydrogen (secondary N) is 1. The number of piperazine rings is 1. The van der Waals surface area contributed by atoms with Gasteiger partial charge in [-0.05, 0) is 12.8 Å². The van der Waals surface area contributed by atoms with E-state index in [9.17, 15) is 0 Å². The summed E-state index contributed by atoms with van der Waals surface area (Å²) < 4.78 is 0. The van der Waals surface area contributed by atoms with Gasteiger partial charge in [-0.1, -0.05) is 25.4 Å². The highest BCUT2D eigenvalue weighted by Crippen LogP contribution is 2.26. The summed E-state index contributed by atoms with van der Waals surface area (Å²) in [5.41, 5.74) is 0. The van der Waals surface area contributed by atoms with Gasteiger partial charge in [-0.3, -0.25) is 0 Å². The molecule has 0 bridgehead atoms. The molecule has 1 saturated heterocycles. The van der Waals surface area contributed by atoms with E-state index in [2.05, 4.69) is 34.0 Å². The van der Waals surface area contributed by atoms with Gasteiger partial charge in [-0.15, -0.1) is 0 Å². The summed E-state index contributed by atoms with van der Waals surface area (Å²) in [6.07, 6.45) is 5.44. The fourth-order valence-corrected chi connectivity index (χ4v) is 2.49. The van der Waals surface area contributed by atoms with Crippen molar-refractivity contribution in [2.45, 2.75) is 38.8 Å². The van der Waals surface area contributed by atoms with E-state index in [1.165, 1.54) is 0 Å². The van der Waals surface area contributed by atoms with Crippen molar-refractivity contribution < 1.29 is 0 Å². The molecule has 1 N–H and O–H groups in total. The fourth-order valence-electron chi connectivity index (χ4n) is 2.28. The molecule has 2 unspecified atom stereocenters. The van der Waals surface area contributed by atoms with Crippen LogP contribution >= 0.6 is 11.6 Å². The van der Waals surface area contributed by atoms with Crippen LogP contribution in [-0.4, -0.2) is 35.1 Å². The molecule has 94 valence electrons. The smallest absolute Gasteiger partial charge is 0.151 e. The van der Waals surface area contributed by atoms with E-state index >= 15 is 0 Å². The molecule has 1 aromatic rings. The van der Waals surface area contributed by atoms with Gasteiger partial charge in [0.2, 0.25) is 0 Å². The Bertz CT molecular complexity index is 371. The van der Waals surface area contributed by atoms with E-state index in [4.69, 9.17) is 11.6 Å². The third-order valence-corrected chi connectivity index (χ3v) is 3.65. The molecule has 0 aromatic carbocycles. The van der Waals surface area contributed by atoms with Crippen molar-refractivity contribution in [3.8, 4) is 0 Å². The summed E-state index contributed by atoms with van der Waals surface area (Å²) in [5, 5.41) is 4.20. The van der Waals surface area contributed by atoms with Crippen molar-refractivity contribution in [1.29, 1.82) is 0 Å². The fraction of sp³-hybridized carbons (Fsp3) is 0.667. The number of hydrogen-bond acceptors (Lipinski definition) is 4. The van der Waals surface area contributed by atoms with Gasteiger partial charge in [0.1, 0.15) is 11.3 Å². The molecule has 0 aliphatic carbocycles. The molecule has 5 heteroatoms. The zero-order valence-electron chi connectivity index (χ0n) is 10.4. The van der Waals surface area contributed by atoms with Crippen LogP contribution in [0.5, 0.6) is 0 Å². The van der Waals surface area contributed by atoms with Crippen molar-refractivity contribution in [2.75, 3.05) is 18.0 Å². The normalized spacial score (nSPS) is 25.0. The van der Waals surface area contributed by atoms with Crippen LogP contribution in [0.15, 0.2) is 12.5 Å². The highest BCUT2D eigenvalue weighted by atomic mass is 35.5. The Balaban J connectivity index is 2.23. The molecular weight excluding hydrogens is 236 g/mol. The predicted octanol–water partition coefficient (Wildman–Crippen LogP) is 2.10. The summed E-state index contributed by atoms with van der Waals surface area (Å²) in [6, 6.07) is 0.981. The first kappa shape index (κ1) is 12.6. The van der Waals surface area contributed by atoms with E-state index in [-0.39, 0.29) is 0 Å². The SMILES string of the molecule is CCC1CN(c2ncncc2Cl)C(CC)CN1. The number of rotatable bonds is 3. The Morgan fingerprint density at radius 2 is 2.29 bits per heavy atom. The molecule has 1 aromatic heterocycles. The molecule has 4 nitrogen and oxygen atoms in total. The Morgan fingerprint density at radius 1 is 1.47 bits per heavy atom. The second-order valence-corrected chi connectivity index (χ2v) is 4.83. The Hall–Kier alpha value is -0.870. The van der Waals surface area contributed by atoms with Gasteiger partial charge in [-0.25, -0.2) is 9.97 Å². The van der Waals surface area contributed by atoms with Crippen molar-refractivity contribution in [3.63, 3.8) is 0 Å². The predicted molar refractivity (Wildman–Crippen MR) is 70.5 cm³/mol. The van der Waals surface area contributed by atoms with Crippen LogP contribution in [-0.2, 0) is 0 Å². The van der Waals surface area contributed by atoms with Crippen molar-refractivity contribution in [1.82, 2.24) is 15.3 Å². The van der Waals surface area contributed by atoms with Gasteiger partial charge in [0.25, 0.3) is 0 Å². The first-order valence-electron chi connectivity index (χ1n) is 6.21. The molecule has 2 heterocycles. The van der Waals surface area contributed by atoms with Gasteiger partial charge >= 0.3 is 0 Å². The summed E-state index contributed by atoms with van der Waals surface area (Å²) in [5.74, 6) is 0.869. The van der Waals surface area contributed by atoms with E-state index in [1.54, 1.807) is 12.5 Å². The van der Waals surface area contributed by atoms with Gasteiger partial charge in [0.05, 0.1) is 6.20 Å². The van der Waals surface area contributed by atoms with Crippen LogP contribution in [0.2, 0.25) is 5.02 Å². The van der Waals surface area contributed by atoms with E-state index < -0.39 is 0 Å². The minimum absolute atomic E-state index is 0.463. The number of halogens is 1. The minimum atomic E-state index is 0.463. The molecular formula is C12H19ClN4. The third kappa shape index (κ3) is 2.69. The molecule has 17 heavy (non-hydrogen) atoms. The summed E-state index contributed by atoms with van der Waals surface area (Å²) >= 11 is 6.18. The topological polar surface area (TPSA) is 41.1 Å². The van der Waals surface area contributed by atoms with Gasteiger partial charge < -0.3 is 10.2 Å². The second kappa shape index (κ2) is 5.65. The van der Waals surface area contributed by atoms with Crippen LogP contribution in [0, 0.1) is 0 Å². The molecule has 0 amide bonds. The molecule has 2 rings (SSSR count). The third-order valence-electron chi connectivity index (χ3n) is 3.38. The van der Waals surface area contributed by atoms with Crippen molar-refractivity contribution in [2.24, 2.45) is 0 Å². The maximum absolute atomic E-state index is 6.18. The maximum Gasteiger partial charge on any atom is 0.151 e.